The van der Waals surface area contributed by atoms with E-state index in [9.17, 15) is 4.79 Å². The Labute approximate surface area is 125 Å². The molecule has 0 aromatic heterocycles. The molecule has 5 heteroatoms. The number of piperidine rings is 1. The highest BCUT2D eigenvalue weighted by molar-refractivity contribution is 6.30. The summed E-state index contributed by atoms with van der Waals surface area (Å²) in [6.07, 6.45) is 1.49. The second-order valence-electron chi connectivity index (χ2n) is 5.30. The monoisotopic (exact) mass is 296 g/mol. The first-order valence-electron chi connectivity index (χ1n) is 6.96. The molecule has 0 bridgehead atoms. The van der Waals surface area contributed by atoms with Crippen molar-refractivity contribution in [3.63, 3.8) is 0 Å². The van der Waals surface area contributed by atoms with Gasteiger partial charge in [-0.1, -0.05) is 11.6 Å². The first-order valence-corrected chi connectivity index (χ1v) is 7.33. The van der Waals surface area contributed by atoms with E-state index in [0.29, 0.717) is 10.8 Å². The average Bonchev–Trinajstić information content (AvgIpc) is 2.44. The van der Waals surface area contributed by atoms with Crippen LogP contribution < -0.4 is 10.1 Å². The second-order valence-corrected chi connectivity index (χ2v) is 5.74. The quantitative estimate of drug-likeness (QED) is 0.927. The van der Waals surface area contributed by atoms with Crippen LogP contribution >= 0.6 is 11.6 Å². The van der Waals surface area contributed by atoms with Crippen LogP contribution in [0.5, 0.6) is 5.75 Å². The molecule has 0 saturated carbocycles. The zero-order valence-corrected chi connectivity index (χ0v) is 12.7. The van der Waals surface area contributed by atoms with Crippen molar-refractivity contribution in [2.24, 2.45) is 0 Å². The molecule has 0 aliphatic carbocycles. The summed E-state index contributed by atoms with van der Waals surface area (Å²) in [4.78, 5) is 14.4. The molecule has 1 amide bonds. The van der Waals surface area contributed by atoms with Crippen LogP contribution in [0.15, 0.2) is 24.3 Å². The molecule has 1 aromatic rings. The lowest BCUT2D eigenvalue weighted by molar-refractivity contribution is -0.128. The third-order valence-electron chi connectivity index (χ3n) is 3.56. The maximum absolute atomic E-state index is 12.1. The van der Waals surface area contributed by atoms with Crippen LogP contribution in [0.1, 0.15) is 19.8 Å². The number of amides is 1. The van der Waals surface area contributed by atoms with E-state index in [1.807, 2.05) is 0 Å². The van der Waals surface area contributed by atoms with Crippen LogP contribution in [0.4, 0.5) is 0 Å². The van der Waals surface area contributed by atoms with Crippen molar-refractivity contribution < 1.29 is 9.53 Å². The van der Waals surface area contributed by atoms with Crippen LogP contribution in [0.3, 0.4) is 0 Å². The second kappa shape index (κ2) is 6.95. The van der Waals surface area contributed by atoms with Gasteiger partial charge < -0.3 is 15.0 Å². The fourth-order valence-electron chi connectivity index (χ4n) is 2.24. The van der Waals surface area contributed by atoms with Crippen LogP contribution in [-0.4, -0.2) is 43.1 Å². The number of benzene rings is 1. The smallest absolute Gasteiger partial charge is 0.260 e. The Hall–Kier alpha value is -1.26. The summed E-state index contributed by atoms with van der Waals surface area (Å²) in [6, 6.07) is 7.29. The minimum absolute atomic E-state index is 0.0606. The van der Waals surface area contributed by atoms with Crippen molar-refractivity contribution in [3.05, 3.63) is 29.3 Å². The van der Waals surface area contributed by atoms with Crippen molar-refractivity contribution in [2.75, 3.05) is 20.1 Å². The van der Waals surface area contributed by atoms with Crippen molar-refractivity contribution >= 4 is 17.5 Å². The number of ether oxygens (including phenoxy) is 1. The van der Waals surface area contributed by atoms with E-state index in [0.717, 1.165) is 25.9 Å². The number of halogens is 1. The maximum atomic E-state index is 12.1. The number of carbonyl (C=O) groups excluding carboxylic acids is 1. The van der Waals surface area contributed by atoms with Crippen molar-refractivity contribution in [1.29, 1.82) is 0 Å². The summed E-state index contributed by atoms with van der Waals surface area (Å²) < 4.78 is 5.61. The number of hydrogen-bond acceptors (Lipinski definition) is 3. The first kappa shape index (κ1) is 15.1. The Bertz CT molecular complexity index is 442. The minimum atomic E-state index is -0.504. The molecule has 1 heterocycles. The SMILES string of the molecule is C[C@H](Oc1ccc(Cl)cc1)C(=O)NC1CCN(C)CC1. The van der Waals surface area contributed by atoms with Gasteiger partial charge in [0.25, 0.3) is 5.91 Å². The number of nitrogens with zero attached hydrogens (tertiary/aromatic N) is 1. The molecular weight excluding hydrogens is 276 g/mol. The maximum Gasteiger partial charge on any atom is 0.260 e. The molecule has 0 radical (unpaired) electrons. The van der Waals surface area contributed by atoms with Gasteiger partial charge in [0, 0.05) is 11.1 Å². The molecule has 1 aliphatic heterocycles. The Balaban J connectivity index is 1.81. The predicted molar refractivity (Wildman–Crippen MR) is 80.2 cm³/mol. The molecule has 1 aliphatic rings. The molecule has 4 nitrogen and oxygen atoms in total. The van der Waals surface area contributed by atoms with Crippen LogP contribution in [0.25, 0.3) is 0 Å². The Kier molecular flexibility index (Phi) is 5.26. The minimum Gasteiger partial charge on any atom is -0.481 e. The highest BCUT2D eigenvalue weighted by Gasteiger charge is 2.22. The normalized spacial score (nSPS) is 18.6. The van der Waals surface area contributed by atoms with Gasteiger partial charge in [0.2, 0.25) is 0 Å². The van der Waals surface area contributed by atoms with Gasteiger partial charge in [0.15, 0.2) is 6.10 Å². The van der Waals surface area contributed by atoms with Crippen LogP contribution in [-0.2, 0) is 4.79 Å². The van der Waals surface area contributed by atoms with Crippen LogP contribution in [0, 0.1) is 0 Å². The van der Waals surface area contributed by atoms with Crippen molar-refractivity contribution in [2.45, 2.75) is 31.9 Å². The standard InChI is InChI=1S/C15H21ClN2O2/c1-11(20-14-5-3-12(16)4-6-14)15(19)17-13-7-9-18(2)10-8-13/h3-6,11,13H,7-10H2,1-2H3,(H,17,19)/t11-/m0/s1. The molecule has 1 N–H and O–H groups in total. The summed E-state index contributed by atoms with van der Waals surface area (Å²) in [5.41, 5.74) is 0. The van der Waals surface area contributed by atoms with E-state index in [2.05, 4.69) is 17.3 Å². The Morgan fingerprint density at radius 3 is 2.55 bits per heavy atom. The molecule has 20 heavy (non-hydrogen) atoms. The predicted octanol–water partition coefficient (Wildman–Crippen LogP) is 2.32. The molecule has 1 fully saturated rings. The lowest BCUT2D eigenvalue weighted by Gasteiger charge is -2.30. The third-order valence-corrected chi connectivity index (χ3v) is 3.81. The summed E-state index contributed by atoms with van der Waals surface area (Å²) in [5.74, 6) is 0.593. The highest BCUT2D eigenvalue weighted by atomic mass is 35.5. The van der Waals surface area contributed by atoms with Crippen LogP contribution in [0.2, 0.25) is 5.02 Å². The Morgan fingerprint density at radius 1 is 1.35 bits per heavy atom. The van der Waals surface area contributed by atoms with E-state index in [1.54, 1.807) is 31.2 Å². The zero-order valence-electron chi connectivity index (χ0n) is 11.9. The lowest BCUT2D eigenvalue weighted by atomic mass is 10.1. The number of carbonyl (C=O) groups is 1. The summed E-state index contributed by atoms with van der Waals surface area (Å²) in [5, 5.41) is 3.71. The summed E-state index contributed by atoms with van der Waals surface area (Å²) in [6.45, 7) is 3.81. The van der Waals surface area contributed by atoms with Gasteiger partial charge in [-0.2, -0.15) is 0 Å². The molecule has 1 saturated heterocycles. The van der Waals surface area contributed by atoms with Gasteiger partial charge in [-0.15, -0.1) is 0 Å². The summed E-state index contributed by atoms with van der Waals surface area (Å²) >= 11 is 5.81. The van der Waals surface area contributed by atoms with Gasteiger partial charge in [-0.3, -0.25) is 4.79 Å². The fourth-order valence-corrected chi connectivity index (χ4v) is 2.37. The van der Waals surface area contributed by atoms with Gasteiger partial charge in [-0.25, -0.2) is 0 Å². The molecule has 110 valence electrons. The van der Waals surface area contributed by atoms with E-state index in [1.165, 1.54) is 0 Å². The highest BCUT2D eigenvalue weighted by Crippen LogP contribution is 2.17. The molecule has 2 rings (SSSR count). The molecule has 0 unspecified atom stereocenters. The van der Waals surface area contributed by atoms with E-state index >= 15 is 0 Å². The third kappa shape index (κ3) is 4.39. The number of likely N-dealkylation sites (tertiary alicyclic amines) is 1. The van der Waals surface area contributed by atoms with E-state index < -0.39 is 6.10 Å². The van der Waals surface area contributed by atoms with Crippen molar-refractivity contribution in [1.82, 2.24) is 10.2 Å². The molecule has 1 aromatic carbocycles. The van der Waals surface area contributed by atoms with Gasteiger partial charge >= 0.3 is 0 Å². The number of nitrogens with one attached hydrogen (secondary N) is 1. The van der Waals surface area contributed by atoms with Gasteiger partial charge in [0.1, 0.15) is 5.75 Å². The molecule has 0 spiro atoms. The largest absolute Gasteiger partial charge is 0.481 e. The van der Waals surface area contributed by atoms with Crippen molar-refractivity contribution in [3.8, 4) is 5.75 Å². The fraction of sp³-hybridized carbons (Fsp3) is 0.533. The first-order chi connectivity index (χ1) is 9.54. The molecular formula is C15H21ClN2O2. The number of hydrogen-bond donors (Lipinski definition) is 1. The van der Waals surface area contributed by atoms with Gasteiger partial charge in [-0.05, 0) is 64.2 Å². The lowest BCUT2D eigenvalue weighted by Crippen LogP contribution is -2.47. The van der Waals surface area contributed by atoms with E-state index in [4.69, 9.17) is 16.3 Å². The number of rotatable bonds is 4. The summed E-state index contributed by atoms with van der Waals surface area (Å²) in [7, 11) is 2.10. The average molecular weight is 297 g/mol. The zero-order chi connectivity index (χ0) is 14.5. The molecule has 1 atom stereocenters. The Morgan fingerprint density at radius 2 is 1.95 bits per heavy atom. The van der Waals surface area contributed by atoms with Gasteiger partial charge in [0.05, 0.1) is 0 Å². The van der Waals surface area contributed by atoms with E-state index in [-0.39, 0.29) is 11.9 Å². The topological polar surface area (TPSA) is 41.6 Å².